The summed E-state index contributed by atoms with van der Waals surface area (Å²) in [5, 5.41) is 18.7. The number of nitrogens with one attached hydrogen (secondary N) is 2. The maximum absolute atomic E-state index is 12.9. The Balaban J connectivity index is 0.000000213. The molecule has 0 radical (unpaired) electrons. The summed E-state index contributed by atoms with van der Waals surface area (Å²) in [4.78, 5) is 13.9. The van der Waals surface area contributed by atoms with E-state index in [0.717, 1.165) is 97.5 Å². The van der Waals surface area contributed by atoms with Crippen molar-refractivity contribution in [2.24, 2.45) is 0 Å². The Bertz CT molecular complexity index is 3600. The second-order valence-electron chi connectivity index (χ2n) is 19.8. The van der Waals surface area contributed by atoms with E-state index < -0.39 is 45.3 Å². The third kappa shape index (κ3) is 15.5. The van der Waals surface area contributed by atoms with Crippen molar-refractivity contribution in [3.63, 3.8) is 0 Å². The molecule has 17 nitrogen and oxygen atoms in total. The average molecular weight is 1130 g/mol. The molecule has 0 bridgehead atoms. The van der Waals surface area contributed by atoms with E-state index in [1.807, 2.05) is 127 Å². The van der Waals surface area contributed by atoms with Gasteiger partial charge in [0.1, 0.15) is 36.9 Å². The first-order chi connectivity index (χ1) is 38.4. The van der Waals surface area contributed by atoms with Crippen LogP contribution < -0.4 is 29.9 Å². The Morgan fingerprint density at radius 2 is 1.05 bits per heavy atom. The van der Waals surface area contributed by atoms with Crippen molar-refractivity contribution in [3.8, 4) is 34.0 Å². The maximum atomic E-state index is 12.9. The minimum absolute atomic E-state index is 0.0391. The van der Waals surface area contributed by atoms with Crippen molar-refractivity contribution in [1.82, 2.24) is 9.97 Å². The highest BCUT2D eigenvalue weighted by Crippen LogP contribution is 2.34. The van der Waals surface area contributed by atoms with Gasteiger partial charge >= 0.3 is 0 Å². The normalized spacial score (nSPS) is 14.4. The highest BCUT2D eigenvalue weighted by molar-refractivity contribution is 7.87. The molecule has 3 heterocycles. The summed E-state index contributed by atoms with van der Waals surface area (Å²) >= 11 is 0. The van der Waals surface area contributed by atoms with E-state index in [9.17, 15) is 21.9 Å². The van der Waals surface area contributed by atoms with Crippen LogP contribution in [0.3, 0.4) is 0 Å². The first-order valence-electron chi connectivity index (χ1n) is 26.3. The fourth-order valence-electron chi connectivity index (χ4n) is 8.58. The average Bonchev–Trinajstić information content (AvgIpc) is 3.49. The van der Waals surface area contributed by atoms with Crippen LogP contribution in [0.5, 0.6) is 11.5 Å². The standard InChI is InChI=1S/C33H39N3O6S.C28H31N3O5S/c1-23-8-13-28(14-9-23)43(37,38)41-22-27(42-33-7-5-6-18-39-33)21-40-32-20-25(11-16-31(32)34-2)29-15-10-24-19-26(36(3)4)12-17-30(24)35-29;1-19-5-10-24(11-6-19)37(33,34)36-18-23(32)17-35-28-16-21(8-13-27(28)29-2)25-12-7-20-15-22(31(3)4)9-14-26(20)30-25/h8-17,19-20,27,33-34H,5-7,18,21-22H2,1-4H3;5-16,23,29,32H,17-18H2,1-4H3. The Kier molecular flexibility index (Phi) is 19.6. The molecule has 80 heavy (non-hydrogen) atoms. The van der Waals surface area contributed by atoms with Crippen LogP contribution in [0.1, 0.15) is 30.4 Å². The third-order valence-corrected chi connectivity index (χ3v) is 15.8. The van der Waals surface area contributed by atoms with Gasteiger partial charge in [0.15, 0.2) is 6.29 Å². The number of anilines is 4. The predicted molar refractivity (Wildman–Crippen MR) is 316 cm³/mol. The Labute approximate surface area is 469 Å². The van der Waals surface area contributed by atoms with Gasteiger partial charge < -0.3 is 44.5 Å². The molecule has 0 amide bonds. The number of benzene rings is 6. The van der Waals surface area contributed by atoms with Gasteiger partial charge in [-0.3, -0.25) is 8.37 Å². The lowest BCUT2D eigenvalue weighted by atomic mass is 10.1. The smallest absolute Gasteiger partial charge is 0.297 e. The molecule has 19 heteroatoms. The highest BCUT2D eigenvalue weighted by Gasteiger charge is 2.25. The molecule has 0 aliphatic carbocycles. The number of aromatic nitrogens is 2. The lowest BCUT2D eigenvalue weighted by Crippen LogP contribution is -2.35. The van der Waals surface area contributed by atoms with Gasteiger partial charge in [-0.15, -0.1) is 0 Å². The van der Waals surface area contributed by atoms with Crippen LogP contribution in [0.2, 0.25) is 0 Å². The van der Waals surface area contributed by atoms with E-state index >= 15 is 0 Å². The van der Waals surface area contributed by atoms with E-state index in [2.05, 4.69) is 39.8 Å². The van der Waals surface area contributed by atoms with Crippen LogP contribution in [0.15, 0.2) is 155 Å². The van der Waals surface area contributed by atoms with Crippen LogP contribution in [0, 0.1) is 13.8 Å². The molecule has 3 N–H and O–H groups in total. The zero-order valence-corrected chi connectivity index (χ0v) is 48.0. The number of pyridine rings is 2. The van der Waals surface area contributed by atoms with Gasteiger partial charge in [-0.2, -0.15) is 16.8 Å². The number of nitrogens with zero attached hydrogens (tertiary/aromatic N) is 4. The molecule has 3 atom stereocenters. The zero-order chi connectivity index (χ0) is 57.0. The van der Waals surface area contributed by atoms with E-state index in [4.69, 9.17) is 37.3 Å². The lowest BCUT2D eigenvalue weighted by molar-refractivity contribution is -0.198. The van der Waals surface area contributed by atoms with Gasteiger partial charge in [-0.05, 0) is 130 Å². The van der Waals surface area contributed by atoms with Gasteiger partial charge in [0.25, 0.3) is 20.2 Å². The van der Waals surface area contributed by atoms with Crippen molar-refractivity contribution in [1.29, 1.82) is 0 Å². The van der Waals surface area contributed by atoms with Crippen LogP contribution >= 0.6 is 0 Å². The monoisotopic (exact) mass is 1130 g/mol. The number of hydrogen-bond acceptors (Lipinski definition) is 17. The summed E-state index contributed by atoms with van der Waals surface area (Å²) in [5.74, 6) is 1.09. The first-order valence-corrected chi connectivity index (χ1v) is 29.1. The summed E-state index contributed by atoms with van der Waals surface area (Å²) in [6.07, 6.45) is 0.374. The van der Waals surface area contributed by atoms with Gasteiger partial charge in [-0.1, -0.05) is 59.7 Å². The highest BCUT2D eigenvalue weighted by atomic mass is 32.2. The topological polar surface area (TPSA) is 200 Å². The number of hydrogen-bond donors (Lipinski definition) is 3. The summed E-state index contributed by atoms with van der Waals surface area (Å²) in [5.41, 5.74) is 10.7. The van der Waals surface area contributed by atoms with E-state index in [1.54, 1.807) is 31.3 Å². The second kappa shape index (κ2) is 26.7. The van der Waals surface area contributed by atoms with Crippen LogP contribution in [0.25, 0.3) is 44.3 Å². The molecular formula is C61H70N6O11S2. The fraction of sp³-hybridized carbons (Fsp3) is 0.311. The second-order valence-corrected chi connectivity index (χ2v) is 23.0. The molecule has 1 fully saturated rings. The molecule has 3 unspecified atom stereocenters. The number of aliphatic hydroxyl groups is 1. The van der Waals surface area contributed by atoms with Crippen LogP contribution in [-0.4, -0.2) is 126 Å². The molecule has 1 saturated heterocycles. The van der Waals surface area contributed by atoms with Gasteiger partial charge in [0.2, 0.25) is 0 Å². The first kappa shape index (κ1) is 58.8. The SMILES string of the molecule is CNc1ccc(-c2ccc3cc(N(C)C)ccc3n2)cc1OCC(COS(=O)(=O)c1ccc(C)cc1)OC1CCCCO1.CNc1ccc(-c2ccc3cc(N(C)C)ccc3n2)cc1OCC(O)COS(=O)(=O)c1ccc(C)cc1. The predicted octanol–water partition coefficient (Wildman–Crippen LogP) is 10.5. The maximum Gasteiger partial charge on any atom is 0.297 e. The molecule has 422 valence electrons. The summed E-state index contributed by atoms with van der Waals surface area (Å²) in [7, 11) is 3.67. The number of fused-ring (bicyclic) bond motifs is 2. The van der Waals surface area contributed by atoms with E-state index in [1.165, 1.54) is 24.3 Å². The molecule has 0 saturated carbocycles. The molecule has 6 aromatic carbocycles. The number of aryl methyl sites for hydroxylation is 2. The summed E-state index contributed by atoms with van der Waals surface area (Å²) in [6, 6.07) is 44.7. The lowest BCUT2D eigenvalue weighted by Gasteiger charge is -2.28. The molecule has 2 aromatic heterocycles. The number of aliphatic hydroxyl groups excluding tert-OH is 1. The molecule has 0 spiro atoms. The third-order valence-electron chi connectivity index (χ3n) is 13.3. The van der Waals surface area contributed by atoms with Gasteiger partial charge in [0.05, 0.1) is 56.8 Å². The van der Waals surface area contributed by atoms with Crippen molar-refractivity contribution >= 4 is 64.8 Å². The van der Waals surface area contributed by atoms with Crippen molar-refractivity contribution < 1.29 is 49.3 Å². The Morgan fingerprint density at radius 1 is 0.575 bits per heavy atom. The Hall–Kier alpha value is -7.36. The molecule has 1 aliphatic rings. The fourth-order valence-corrected chi connectivity index (χ4v) is 10.5. The molecule has 9 rings (SSSR count). The van der Waals surface area contributed by atoms with Crippen molar-refractivity contribution in [2.75, 3.05) is 95.8 Å². The van der Waals surface area contributed by atoms with Crippen molar-refractivity contribution in [3.05, 3.63) is 157 Å². The Morgan fingerprint density at radius 3 is 1.50 bits per heavy atom. The van der Waals surface area contributed by atoms with Crippen LogP contribution in [-0.2, 0) is 38.1 Å². The van der Waals surface area contributed by atoms with E-state index in [0.29, 0.717) is 18.1 Å². The molecule has 8 aromatic rings. The van der Waals surface area contributed by atoms with Gasteiger partial charge in [-0.25, -0.2) is 9.97 Å². The quantitative estimate of drug-likeness (QED) is 0.0541. The number of ether oxygens (including phenoxy) is 4. The minimum atomic E-state index is -3.98. The van der Waals surface area contributed by atoms with Crippen molar-refractivity contribution in [2.45, 2.75) is 61.4 Å². The molecule has 1 aliphatic heterocycles. The summed E-state index contributed by atoms with van der Waals surface area (Å²) in [6.45, 7) is 3.62. The summed E-state index contributed by atoms with van der Waals surface area (Å²) < 4.78 is 85.0. The van der Waals surface area contributed by atoms with Gasteiger partial charge in [0, 0.05) is 82.2 Å². The van der Waals surface area contributed by atoms with Crippen LogP contribution in [0.4, 0.5) is 22.7 Å². The number of rotatable bonds is 22. The molecular weight excluding hydrogens is 1060 g/mol. The minimum Gasteiger partial charge on any atom is -0.489 e. The largest absolute Gasteiger partial charge is 0.489 e. The van der Waals surface area contributed by atoms with E-state index in [-0.39, 0.29) is 29.6 Å². The zero-order valence-electron chi connectivity index (χ0n) is 46.4.